The van der Waals surface area contributed by atoms with Crippen molar-refractivity contribution in [2.45, 2.75) is 25.0 Å². The minimum absolute atomic E-state index is 0.488. The SMILES string of the molecule is CN1CCCC(O)(c2ccccc2CN)C1. The number of likely N-dealkylation sites (tertiary alicyclic amines) is 1. The van der Waals surface area contributed by atoms with E-state index in [2.05, 4.69) is 11.9 Å². The van der Waals surface area contributed by atoms with E-state index in [1.54, 1.807) is 0 Å². The van der Waals surface area contributed by atoms with Gasteiger partial charge in [-0.1, -0.05) is 24.3 Å². The summed E-state index contributed by atoms with van der Waals surface area (Å²) in [5.74, 6) is 0. The predicted molar refractivity (Wildman–Crippen MR) is 65.0 cm³/mol. The molecule has 1 saturated heterocycles. The molecule has 1 fully saturated rings. The van der Waals surface area contributed by atoms with Crippen molar-refractivity contribution in [3.63, 3.8) is 0 Å². The Bertz CT molecular complexity index is 367. The van der Waals surface area contributed by atoms with Crippen molar-refractivity contribution in [3.05, 3.63) is 35.4 Å². The largest absolute Gasteiger partial charge is 0.384 e. The molecule has 1 atom stereocenters. The van der Waals surface area contributed by atoms with Crippen LogP contribution < -0.4 is 5.73 Å². The van der Waals surface area contributed by atoms with Crippen LogP contribution in [0.5, 0.6) is 0 Å². The van der Waals surface area contributed by atoms with E-state index in [9.17, 15) is 5.11 Å². The molecule has 1 unspecified atom stereocenters. The molecule has 1 aliphatic rings. The summed E-state index contributed by atoms with van der Waals surface area (Å²) in [6.45, 7) is 2.25. The highest BCUT2D eigenvalue weighted by Gasteiger charge is 2.34. The predicted octanol–water partition coefficient (Wildman–Crippen LogP) is 1.06. The van der Waals surface area contributed by atoms with E-state index in [0.29, 0.717) is 13.1 Å². The first-order valence-electron chi connectivity index (χ1n) is 5.85. The molecule has 3 nitrogen and oxygen atoms in total. The topological polar surface area (TPSA) is 49.5 Å². The molecule has 0 bridgehead atoms. The molecule has 0 radical (unpaired) electrons. The number of benzene rings is 1. The van der Waals surface area contributed by atoms with Crippen molar-refractivity contribution in [1.29, 1.82) is 0 Å². The van der Waals surface area contributed by atoms with E-state index >= 15 is 0 Å². The standard InChI is InChI=1S/C13H20N2O/c1-15-8-4-7-13(16,10-15)12-6-3-2-5-11(12)9-14/h2-3,5-6,16H,4,7-10,14H2,1H3. The van der Waals surface area contributed by atoms with Gasteiger partial charge in [0.2, 0.25) is 0 Å². The molecule has 3 N–H and O–H groups in total. The highest BCUT2D eigenvalue weighted by Crippen LogP contribution is 2.32. The van der Waals surface area contributed by atoms with Gasteiger partial charge >= 0.3 is 0 Å². The van der Waals surface area contributed by atoms with Crippen molar-refractivity contribution in [1.82, 2.24) is 4.90 Å². The molecule has 0 amide bonds. The number of rotatable bonds is 2. The number of likely N-dealkylation sites (N-methyl/N-ethyl adjacent to an activating group) is 1. The van der Waals surface area contributed by atoms with Crippen LogP contribution in [0, 0.1) is 0 Å². The Morgan fingerprint density at radius 3 is 2.88 bits per heavy atom. The third kappa shape index (κ3) is 2.12. The van der Waals surface area contributed by atoms with E-state index in [0.717, 1.165) is 30.5 Å². The van der Waals surface area contributed by atoms with E-state index in [1.807, 2.05) is 24.3 Å². The van der Waals surface area contributed by atoms with Gasteiger partial charge in [0.1, 0.15) is 5.60 Å². The van der Waals surface area contributed by atoms with E-state index < -0.39 is 5.60 Å². The van der Waals surface area contributed by atoms with Gasteiger partial charge in [-0.25, -0.2) is 0 Å². The van der Waals surface area contributed by atoms with E-state index in [-0.39, 0.29) is 0 Å². The first kappa shape index (κ1) is 11.6. The summed E-state index contributed by atoms with van der Waals surface area (Å²) in [5, 5.41) is 10.7. The van der Waals surface area contributed by atoms with Crippen LogP contribution in [-0.4, -0.2) is 30.1 Å². The Labute approximate surface area is 96.9 Å². The minimum Gasteiger partial charge on any atom is -0.384 e. The zero-order chi connectivity index (χ0) is 11.6. The number of hydrogen-bond acceptors (Lipinski definition) is 3. The lowest BCUT2D eigenvalue weighted by Gasteiger charge is -2.38. The second kappa shape index (κ2) is 4.53. The molecular weight excluding hydrogens is 200 g/mol. The number of aliphatic hydroxyl groups is 1. The van der Waals surface area contributed by atoms with Crippen molar-refractivity contribution < 1.29 is 5.11 Å². The molecule has 3 heteroatoms. The van der Waals surface area contributed by atoms with Gasteiger partial charge in [0, 0.05) is 13.1 Å². The Hall–Kier alpha value is -0.900. The summed E-state index contributed by atoms with van der Waals surface area (Å²) in [6, 6.07) is 7.95. The van der Waals surface area contributed by atoms with Gasteiger partial charge in [-0.15, -0.1) is 0 Å². The highest BCUT2D eigenvalue weighted by atomic mass is 16.3. The molecule has 1 heterocycles. The lowest BCUT2D eigenvalue weighted by Crippen LogP contribution is -2.44. The van der Waals surface area contributed by atoms with Crippen LogP contribution in [0.25, 0.3) is 0 Å². The van der Waals surface area contributed by atoms with Crippen LogP contribution in [0.4, 0.5) is 0 Å². The molecule has 88 valence electrons. The summed E-state index contributed by atoms with van der Waals surface area (Å²) >= 11 is 0. The number of hydrogen-bond donors (Lipinski definition) is 2. The van der Waals surface area contributed by atoms with E-state index in [1.165, 1.54) is 0 Å². The normalized spacial score (nSPS) is 26.9. The fraction of sp³-hybridized carbons (Fsp3) is 0.538. The van der Waals surface area contributed by atoms with Crippen LogP contribution in [0.2, 0.25) is 0 Å². The monoisotopic (exact) mass is 220 g/mol. The van der Waals surface area contributed by atoms with Gasteiger partial charge in [0.05, 0.1) is 0 Å². The lowest BCUT2D eigenvalue weighted by atomic mass is 9.83. The summed E-state index contributed by atoms with van der Waals surface area (Å²) < 4.78 is 0. The molecule has 1 aliphatic heterocycles. The summed E-state index contributed by atoms with van der Waals surface area (Å²) in [4.78, 5) is 2.18. The number of β-amino-alcohol motifs (C(OH)–C–C–N with tert-alkyl or cyclic N) is 1. The van der Waals surface area contributed by atoms with Crippen molar-refractivity contribution in [2.75, 3.05) is 20.1 Å². The Balaban J connectivity index is 2.34. The molecule has 2 rings (SSSR count). The smallest absolute Gasteiger partial charge is 0.103 e. The maximum atomic E-state index is 10.7. The lowest BCUT2D eigenvalue weighted by molar-refractivity contribution is -0.0284. The van der Waals surface area contributed by atoms with Crippen LogP contribution in [0.3, 0.4) is 0 Å². The molecular formula is C13H20N2O. The maximum Gasteiger partial charge on any atom is 0.103 e. The van der Waals surface area contributed by atoms with Gasteiger partial charge in [0.15, 0.2) is 0 Å². The minimum atomic E-state index is -0.719. The first-order valence-corrected chi connectivity index (χ1v) is 5.85. The second-order valence-corrected chi connectivity index (χ2v) is 4.73. The Morgan fingerprint density at radius 1 is 1.44 bits per heavy atom. The number of nitrogens with two attached hydrogens (primary N) is 1. The van der Waals surface area contributed by atoms with Crippen LogP contribution in [0.1, 0.15) is 24.0 Å². The molecule has 0 aromatic heterocycles. The Morgan fingerprint density at radius 2 is 2.19 bits per heavy atom. The zero-order valence-electron chi connectivity index (χ0n) is 9.82. The fourth-order valence-electron chi connectivity index (χ4n) is 2.62. The molecule has 1 aromatic rings. The van der Waals surface area contributed by atoms with Crippen molar-refractivity contribution in [3.8, 4) is 0 Å². The first-order chi connectivity index (χ1) is 7.65. The average molecular weight is 220 g/mol. The van der Waals surface area contributed by atoms with Gasteiger partial charge in [-0.2, -0.15) is 0 Å². The third-order valence-electron chi connectivity index (χ3n) is 3.40. The summed E-state index contributed by atoms with van der Waals surface area (Å²) in [7, 11) is 2.05. The Kier molecular flexibility index (Phi) is 3.28. The van der Waals surface area contributed by atoms with Gasteiger partial charge in [-0.3, -0.25) is 0 Å². The van der Waals surface area contributed by atoms with Crippen LogP contribution in [-0.2, 0) is 12.1 Å². The molecule has 0 saturated carbocycles. The van der Waals surface area contributed by atoms with E-state index in [4.69, 9.17) is 5.73 Å². The second-order valence-electron chi connectivity index (χ2n) is 4.73. The molecule has 0 aliphatic carbocycles. The van der Waals surface area contributed by atoms with Crippen molar-refractivity contribution >= 4 is 0 Å². The number of piperidine rings is 1. The average Bonchev–Trinajstić information content (AvgIpc) is 2.29. The molecule has 16 heavy (non-hydrogen) atoms. The molecule has 0 spiro atoms. The molecule has 1 aromatic carbocycles. The van der Waals surface area contributed by atoms with Gasteiger partial charge in [-0.05, 0) is 37.6 Å². The van der Waals surface area contributed by atoms with Crippen LogP contribution in [0.15, 0.2) is 24.3 Å². The van der Waals surface area contributed by atoms with Crippen LogP contribution >= 0.6 is 0 Å². The van der Waals surface area contributed by atoms with Gasteiger partial charge < -0.3 is 15.7 Å². The quantitative estimate of drug-likeness (QED) is 0.783. The zero-order valence-corrected chi connectivity index (χ0v) is 9.82. The van der Waals surface area contributed by atoms with Gasteiger partial charge in [0.25, 0.3) is 0 Å². The van der Waals surface area contributed by atoms with Crippen molar-refractivity contribution in [2.24, 2.45) is 5.73 Å². The number of nitrogens with zero attached hydrogens (tertiary/aromatic N) is 1. The maximum absolute atomic E-state index is 10.7. The summed E-state index contributed by atoms with van der Waals surface area (Å²) in [6.07, 6.45) is 1.86. The summed E-state index contributed by atoms with van der Waals surface area (Å²) in [5.41, 5.74) is 7.07. The highest BCUT2D eigenvalue weighted by molar-refractivity contribution is 5.33. The third-order valence-corrected chi connectivity index (χ3v) is 3.40. The fourth-order valence-corrected chi connectivity index (χ4v) is 2.62.